The monoisotopic (exact) mass is 486 g/mol. The van der Waals surface area contributed by atoms with Gasteiger partial charge >= 0.3 is 5.97 Å². The third-order valence-corrected chi connectivity index (χ3v) is 6.57. The number of aryl methyl sites for hydroxylation is 1. The highest BCUT2D eigenvalue weighted by molar-refractivity contribution is 8.13. The van der Waals surface area contributed by atoms with E-state index in [0.717, 1.165) is 22.4 Å². The van der Waals surface area contributed by atoms with Gasteiger partial charge in [0.05, 0.1) is 18.4 Å². The van der Waals surface area contributed by atoms with Crippen molar-refractivity contribution in [2.24, 2.45) is 4.99 Å². The third kappa shape index (κ3) is 4.79. The fraction of sp³-hybridized carbons (Fsp3) is 0.148. The van der Waals surface area contributed by atoms with Gasteiger partial charge in [-0.3, -0.25) is 9.69 Å². The van der Waals surface area contributed by atoms with Crippen LogP contribution in [0, 0.1) is 6.92 Å². The standard InChI is InChI=1S/C27H22N2O5S/c1-17-3-10-21(11-4-17)29-25(30)22(13-19-7-12-23-24(14-19)34-16-33-23)28-27(29)35-15-18-5-8-20(9-6-18)26(31)32-2/h3-14H,15-16H2,1-2H3. The zero-order valence-electron chi connectivity index (χ0n) is 19.2. The molecule has 7 nitrogen and oxygen atoms in total. The van der Waals surface area contributed by atoms with E-state index in [0.29, 0.717) is 33.7 Å². The van der Waals surface area contributed by atoms with Crippen molar-refractivity contribution in [2.45, 2.75) is 12.7 Å². The summed E-state index contributed by atoms with van der Waals surface area (Å²) in [5, 5.41) is 0.586. The van der Waals surface area contributed by atoms with E-state index in [-0.39, 0.29) is 18.7 Å². The number of methoxy groups -OCH3 is 1. The number of fused-ring (bicyclic) bond motifs is 1. The van der Waals surface area contributed by atoms with E-state index in [9.17, 15) is 9.59 Å². The van der Waals surface area contributed by atoms with Gasteiger partial charge in [-0.1, -0.05) is 47.7 Å². The molecule has 176 valence electrons. The van der Waals surface area contributed by atoms with Crippen LogP contribution < -0.4 is 14.4 Å². The number of hydrogen-bond donors (Lipinski definition) is 0. The molecular weight excluding hydrogens is 464 g/mol. The molecule has 3 aromatic carbocycles. The molecule has 3 aromatic rings. The van der Waals surface area contributed by atoms with Gasteiger partial charge in [0, 0.05) is 5.75 Å². The number of amidine groups is 1. The summed E-state index contributed by atoms with van der Waals surface area (Å²) in [6.07, 6.45) is 1.75. The second-order valence-electron chi connectivity index (χ2n) is 7.99. The maximum Gasteiger partial charge on any atom is 0.337 e. The number of carbonyl (C=O) groups excluding carboxylic acids is 2. The minimum absolute atomic E-state index is 0.190. The first-order valence-corrected chi connectivity index (χ1v) is 11.9. The van der Waals surface area contributed by atoms with E-state index < -0.39 is 0 Å². The van der Waals surface area contributed by atoms with Crippen molar-refractivity contribution in [1.82, 2.24) is 0 Å². The molecule has 2 aliphatic rings. The highest BCUT2D eigenvalue weighted by atomic mass is 32.2. The van der Waals surface area contributed by atoms with Crippen LogP contribution in [-0.4, -0.2) is 30.9 Å². The van der Waals surface area contributed by atoms with Crippen LogP contribution in [0.5, 0.6) is 11.5 Å². The molecule has 0 atom stereocenters. The average Bonchev–Trinajstić information content (AvgIpc) is 3.47. The Labute approximate surface area is 207 Å². The Bertz CT molecular complexity index is 1350. The van der Waals surface area contributed by atoms with E-state index in [1.165, 1.54) is 18.9 Å². The summed E-state index contributed by atoms with van der Waals surface area (Å²) in [6.45, 7) is 2.19. The Kier molecular flexibility index (Phi) is 6.29. The number of hydrogen-bond acceptors (Lipinski definition) is 7. The maximum absolute atomic E-state index is 13.4. The Morgan fingerprint density at radius 1 is 1.06 bits per heavy atom. The number of aliphatic imine (C=N–C) groups is 1. The van der Waals surface area contributed by atoms with Crippen LogP contribution in [-0.2, 0) is 15.3 Å². The van der Waals surface area contributed by atoms with Crippen LogP contribution in [0.4, 0.5) is 5.69 Å². The van der Waals surface area contributed by atoms with Crippen LogP contribution >= 0.6 is 11.8 Å². The molecule has 2 heterocycles. The van der Waals surface area contributed by atoms with Gasteiger partial charge in [-0.2, -0.15) is 0 Å². The molecule has 8 heteroatoms. The average molecular weight is 487 g/mol. The fourth-order valence-corrected chi connectivity index (χ4v) is 4.65. The van der Waals surface area contributed by atoms with Crippen molar-refractivity contribution in [3.05, 3.63) is 94.7 Å². The molecule has 0 saturated carbocycles. The summed E-state index contributed by atoms with van der Waals surface area (Å²) in [5.74, 6) is 1.33. The van der Waals surface area contributed by atoms with Gasteiger partial charge < -0.3 is 14.2 Å². The molecule has 5 rings (SSSR count). The smallest absolute Gasteiger partial charge is 0.337 e. The number of nitrogens with zero attached hydrogens (tertiary/aromatic N) is 2. The molecule has 1 amide bonds. The topological polar surface area (TPSA) is 77.4 Å². The Morgan fingerprint density at radius 2 is 1.80 bits per heavy atom. The molecule has 0 saturated heterocycles. The van der Waals surface area contributed by atoms with Gasteiger partial charge in [0.1, 0.15) is 5.70 Å². The minimum Gasteiger partial charge on any atom is -0.465 e. The molecule has 0 fully saturated rings. The van der Waals surface area contributed by atoms with Crippen molar-refractivity contribution >= 4 is 40.6 Å². The first kappa shape index (κ1) is 22.7. The molecule has 0 unspecified atom stereocenters. The summed E-state index contributed by atoms with van der Waals surface area (Å²) in [4.78, 5) is 31.4. The van der Waals surface area contributed by atoms with Gasteiger partial charge in [-0.15, -0.1) is 0 Å². The van der Waals surface area contributed by atoms with Gasteiger partial charge in [0.25, 0.3) is 5.91 Å². The van der Waals surface area contributed by atoms with Crippen molar-refractivity contribution in [3.8, 4) is 11.5 Å². The van der Waals surface area contributed by atoms with E-state index in [2.05, 4.69) is 4.99 Å². The number of carbonyl (C=O) groups is 2. The Morgan fingerprint density at radius 3 is 2.54 bits per heavy atom. The minimum atomic E-state index is -0.376. The maximum atomic E-state index is 13.4. The summed E-state index contributed by atoms with van der Waals surface area (Å²) in [5.41, 5.74) is 4.48. The number of anilines is 1. The first-order chi connectivity index (χ1) is 17.0. The van der Waals surface area contributed by atoms with Crippen LogP contribution in [0.2, 0.25) is 0 Å². The van der Waals surface area contributed by atoms with Gasteiger partial charge in [-0.25, -0.2) is 9.79 Å². The Balaban J connectivity index is 1.42. The van der Waals surface area contributed by atoms with Crippen LogP contribution in [0.1, 0.15) is 27.0 Å². The van der Waals surface area contributed by atoms with Crippen molar-refractivity contribution in [2.75, 3.05) is 18.8 Å². The highest BCUT2D eigenvalue weighted by Crippen LogP contribution is 2.35. The fourth-order valence-electron chi connectivity index (χ4n) is 3.68. The normalized spacial score (nSPS) is 15.5. The number of benzene rings is 3. The molecule has 35 heavy (non-hydrogen) atoms. The van der Waals surface area contributed by atoms with E-state index in [1.54, 1.807) is 23.1 Å². The van der Waals surface area contributed by atoms with Crippen LogP contribution in [0.15, 0.2) is 77.4 Å². The molecule has 0 aliphatic carbocycles. The zero-order chi connectivity index (χ0) is 24.4. The van der Waals surface area contributed by atoms with Gasteiger partial charge in [0.15, 0.2) is 16.7 Å². The van der Waals surface area contributed by atoms with Crippen molar-refractivity contribution in [3.63, 3.8) is 0 Å². The summed E-state index contributed by atoms with van der Waals surface area (Å²) in [7, 11) is 1.36. The molecule has 2 aliphatic heterocycles. The SMILES string of the molecule is COC(=O)c1ccc(CSC2=NC(=Cc3ccc4c(c3)OCO4)C(=O)N2c2ccc(C)cc2)cc1. The molecule has 0 N–H and O–H groups in total. The highest BCUT2D eigenvalue weighted by Gasteiger charge is 2.32. The molecule has 0 spiro atoms. The van der Waals surface area contributed by atoms with Crippen LogP contribution in [0.3, 0.4) is 0 Å². The van der Waals surface area contributed by atoms with Crippen molar-refractivity contribution < 1.29 is 23.8 Å². The van der Waals surface area contributed by atoms with Crippen molar-refractivity contribution in [1.29, 1.82) is 0 Å². The third-order valence-electron chi connectivity index (χ3n) is 5.56. The Hall–Kier alpha value is -4.04. The van der Waals surface area contributed by atoms with E-state index in [4.69, 9.17) is 14.2 Å². The lowest BCUT2D eigenvalue weighted by Crippen LogP contribution is -2.30. The number of thioether (sulfide) groups is 1. The molecule has 0 bridgehead atoms. The summed E-state index contributed by atoms with van der Waals surface area (Å²) in [6, 6.07) is 20.5. The van der Waals surface area contributed by atoms with Gasteiger partial charge in [0.2, 0.25) is 6.79 Å². The second kappa shape index (κ2) is 9.68. The summed E-state index contributed by atoms with van der Waals surface area (Å²) < 4.78 is 15.6. The molecular formula is C27H22N2O5S. The van der Waals surface area contributed by atoms with Crippen LogP contribution in [0.25, 0.3) is 6.08 Å². The first-order valence-electron chi connectivity index (χ1n) is 10.9. The zero-order valence-corrected chi connectivity index (χ0v) is 20.0. The predicted molar refractivity (Wildman–Crippen MR) is 136 cm³/mol. The predicted octanol–water partition coefficient (Wildman–Crippen LogP) is 5.19. The lowest BCUT2D eigenvalue weighted by molar-refractivity contribution is -0.113. The van der Waals surface area contributed by atoms with E-state index >= 15 is 0 Å². The number of ether oxygens (including phenoxy) is 3. The number of amides is 1. The lowest BCUT2D eigenvalue weighted by atomic mass is 10.1. The summed E-state index contributed by atoms with van der Waals surface area (Å²) >= 11 is 1.46. The molecule has 0 aromatic heterocycles. The van der Waals surface area contributed by atoms with Gasteiger partial charge in [-0.05, 0) is 60.5 Å². The second-order valence-corrected chi connectivity index (χ2v) is 8.93. The lowest BCUT2D eigenvalue weighted by Gasteiger charge is -2.18. The molecule has 0 radical (unpaired) electrons. The van der Waals surface area contributed by atoms with E-state index in [1.807, 2.05) is 61.5 Å². The quantitative estimate of drug-likeness (QED) is 0.365. The number of esters is 1. The largest absolute Gasteiger partial charge is 0.465 e. The number of rotatable bonds is 5.